The number of ether oxygens (including phenoxy) is 1. The first-order chi connectivity index (χ1) is 29.5. The first-order valence-corrected chi connectivity index (χ1v) is 26.9. The van der Waals surface area contributed by atoms with Crippen LogP contribution in [-0.4, -0.2) is 47.4 Å². The number of amides is 1. The predicted molar refractivity (Wildman–Crippen MR) is 260 cm³/mol. The van der Waals surface area contributed by atoms with E-state index in [0.29, 0.717) is 25.9 Å². The molecule has 0 saturated carbocycles. The molecule has 0 aromatic carbocycles. The smallest absolute Gasteiger partial charge is 0.305 e. The van der Waals surface area contributed by atoms with Crippen LogP contribution in [0.3, 0.4) is 0 Å². The van der Waals surface area contributed by atoms with E-state index < -0.39 is 12.1 Å². The van der Waals surface area contributed by atoms with Crippen molar-refractivity contribution < 1.29 is 24.5 Å². The lowest BCUT2D eigenvalue weighted by molar-refractivity contribution is -0.143. The molecule has 0 rings (SSSR count). The Morgan fingerprint density at radius 2 is 0.783 bits per heavy atom. The van der Waals surface area contributed by atoms with Crippen molar-refractivity contribution in [3.8, 4) is 0 Å². The van der Waals surface area contributed by atoms with Crippen molar-refractivity contribution >= 4 is 11.9 Å². The van der Waals surface area contributed by atoms with E-state index in [4.69, 9.17) is 4.74 Å². The first kappa shape index (κ1) is 58.6. The number of hydrogen-bond acceptors (Lipinski definition) is 5. The Kier molecular flexibility index (Phi) is 49.1. The minimum absolute atomic E-state index is 0.000593. The number of aliphatic hydroxyl groups is 2. The van der Waals surface area contributed by atoms with E-state index in [1.807, 2.05) is 0 Å². The molecule has 2 unspecified atom stereocenters. The number of aliphatic hydroxyl groups excluding tert-OH is 2. The molecule has 0 aliphatic heterocycles. The van der Waals surface area contributed by atoms with E-state index in [1.165, 1.54) is 212 Å². The number of carbonyl (C=O) groups excluding carboxylic acids is 2. The van der Waals surface area contributed by atoms with E-state index in [1.54, 1.807) is 0 Å². The highest BCUT2D eigenvalue weighted by molar-refractivity contribution is 5.76. The summed E-state index contributed by atoms with van der Waals surface area (Å²) in [4.78, 5) is 24.4. The molecule has 0 spiro atoms. The van der Waals surface area contributed by atoms with E-state index >= 15 is 0 Å². The number of unbranched alkanes of at least 4 members (excludes halogenated alkanes) is 37. The van der Waals surface area contributed by atoms with Gasteiger partial charge in [0.05, 0.1) is 25.4 Å². The summed E-state index contributed by atoms with van der Waals surface area (Å²) in [6.45, 7) is 4.93. The van der Waals surface area contributed by atoms with E-state index in [2.05, 4.69) is 31.3 Å². The van der Waals surface area contributed by atoms with Crippen LogP contribution in [0.5, 0.6) is 0 Å². The van der Waals surface area contributed by atoms with Crippen molar-refractivity contribution in [1.82, 2.24) is 5.32 Å². The third kappa shape index (κ3) is 46.1. The maximum Gasteiger partial charge on any atom is 0.305 e. The average molecular weight is 848 g/mol. The summed E-state index contributed by atoms with van der Waals surface area (Å²) >= 11 is 0. The van der Waals surface area contributed by atoms with Crippen LogP contribution in [-0.2, 0) is 14.3 Å². The van der Waals surface area contributed by atoms with E-state index in [-0.39, 0.29) is 18.5 Å². The van der Waals surface area contributed by atoms with Crippen LogP contribution >= 0.6 is 0 Å². The summed E-state index contributed by atoms with van der Waals surface area (Å²) in [7, 11) is 0. The van der Waals surface area contributed by atoms with Gasteiger partial charge >= 0.3 is 5.97 Å². The molecule has 6 heteroatoms. The minimum Gasteiger partial charge on any atom is -0.466 e. The normalized spacial score (nSPS) is 12.7. The second-order valence-electron chi connectivity index (χ2n) is 18.6. The second-order valence-corrected chi connectivity index (χ2v) is 18.6. The number of nitrogens with one attached hydrogen (secondary N) is 1. The molecule has 6 nitrogen and oxygen atoms in total. The molecule has 0 aromatic heterocycles. The maximum atomic E-state index is 12.4. The Morgan fingerprint density at radius 3 is 1.18 bits per heavy atom. The quantitative estimate of drug-likeness (QED) is 0.0322. The summed E-state index contributed by atoms with van der Waals surface area (Å²) in [6.07, 6.45) is 57.6. The van der Waals surface area contributed by atoms with Gasteiger partial charge in [-0.25, -0.2) is 0 Å². The molecule has 356 valence electrons. The molecule has 0 aliphatic carbocycles. The van der Waals surface area contributed by atoms with Crippen molar-refractivity contribution in [2.24, 2.45) is 0 Å². The van der Waals surface area contributed by atoms with Gasteiger partial charge in [0.1, 0.15) is 0 Å². The lowest BCUT2D eigenvalue weighted by atomic mass is 10.0. The molecule has 60 heavy (non-hydrogen) atoms. The van der Waals surface area contributed by atoms with Crippen LogP contribution in [0.1, 0.15) is 296 Å². The average Bonchev–Trinajstić information content (AvgIpc) is 3.25. The van der Waals surface area contributed by atoms with Crippen LogP contribution < -0.4 is 5.32 Å². The lowest BCUT2D eigenvalue weighted by Crippen LogP contribution is -2.45. The van der Waals surface area contributed by atoms with E-state index in [0.717, 1.165) is 51.4 Å². The third-order valence-corrected chi connectivity index (χ3v) is 12.6. The van der Waals surface area contributed by atoms with Gasteiger partial charge in [0.25, 0.3) is 0 Å². The van der Waals surface area contributed by atoms with Crippen molar-refractivity contribution in [3.63, 3.8) is 0 Å². The number of hydrogen-bond donors (Lipinski definition) is 3. The summed E-state index contributed by atoms with van der Waals surface area (Å²) in [5.41, 5.74) is 0. The Bertz CT molecular complexity index is 893. The van der Waals surface area contributed by atoms with Gasteiger partial charge < -0.3 is 20.3 Å². The van der Waals surface area contributed by atoms with Crippen molar-refractivity contribution in [3.05, 3.63) is 12.2 Å². The van der Waals surface area contributed by atoms with Gasteiger partial charge in [-0.2, -0.15) is 0 Å². The Labute approximate surface area is 374 Å². The van der Waals surface area contributed by atoms with Crippen LogP contribution in [0, 0.1) is 0 Å². The lowest BCUT2D eigenvalue weighted by Gasteiger charge is -2.22. The highest BCUT2D eigenvalue weighted by atomic mass is 16.5. The Morgan fingerprint density at radius 1 is 0.450 bits per heavy atom. The van der Waals surface area contributed by atoms with Gasteiger partial charge in [0.2, 0.25) is 5.91 Å². The minimum atomic E-state index is -0.670. The van der Waals surface area contributed by atoms with Crippen LogP contribution in [0.15, 0.2) is 12.2 Å². The molecular formula is C54H105NO5. The van der Waals surface area contributed by atoms with Crippen LogP contribution in [0.25, 0.3) is 0 Å². The topological polar surface area (TPSA) is 95.9 Å². The van der Waals surface area contributed by atoms with Gasteiger partial charge in [0.15, 0.2) is 0 Å². The summed E-state index contributed by atoms with van der Waals surface area (Å²) < 4.78 is 5.46. The molecule has 3 N–H and O–H groups in total. The molecule has 0 fully saturated rings. The number of esters is 1. The fourth-order valence-electron chi connectivity index (χ4n) is 8.40. The summed E-state index contributed by atoms with van der Waals surface area (Å²) in [5, 5.41) is 23.2. The highest BCUT2D eigenvalue weighted by Crippen LogP contribution is 2.17. The Balaban J connectivity index is 3.43. The van der Waals surface area contributed by atoms with Gasteiger partial charge in [0, 0.05) is 12.8 Å². The fraction of sp³-hybridized carbons (Fsp3) is 0.926. The Hall–Kier alpha value is -1.40. The zero-order chi connectivity index (χ0) is 43.7. The largest absolute Gasteiger partial charge is 0.466 e. The van der Waals surface area contributed by atoms with Gasteiger partial charge in [-0.3, -0.25) is 9.59 Å². The van der Waals surface area contributed by atoms with Crippen LogP contribution in [0.4, 0.5) is 0 Å². The molecule has 0 radical (unpaired) electrons. The highest BCUT2D eigenvalue weighted by Gasteiger charge is 2.20. The third-order valence-electron chi connectivity index (χ3n) is 12.6. The van der Waals surface area contributed by atoms with Crippen molar-refractivity contribution in [1.29, 1.82) is 0 Å². The number of allylic oxidation sites excluding steroid dienone is 2. The van der Waals surface area contributed by atoms with E-state index in [9.17, 15) is 19.8 Å². The number of rotatable bonds is 50. The zero-order valence-corrected chi connectivity index (χ0v) is 40.5. The molecule has 1 amide bonds. The van der Waals surface area contributed by atoms with Gasteiger partial charge in [-0.05, 0) is 51.4 Å². The monoisotopic (exact) mass is 848 g/mol. The second kappa shape index (κ2) is 50.2. The molecule has 0 saturated heterocycles. The zero-order valence-electron chi connectivity index (χ0n) is 40.5. The van der Waals surface area contributed by atoms with Crippen molar-refractivity contribution in [2.45, 2.75) is 309 Å². The standard InChI is InChI=1S/C54H105NO5/c1-3-5-7-9-11-13-15-17-24-28-32-36-40-44-48-54(59)60-49-45-41-37-33-29-25-22-20-18-19-21-23-27-31-35-39-43-47-53(58)55-51(50-56)52(57)46-42-38-34-30-26-16-14-12-10-8-6-4-2/h18,20,51-52,56-57H,3-17,19,21-50H2,1-2H3,(H,55,58)/b20-18-. The summed E-state index contributed by atoms with van der Waals surface area (Å²) in [5.74, 6) is -0.0462. The summed E-state index contributed by atoms with van der Waals surface area (Å²) in [6, 6.07) is -0.548. The van der Waals surface area contributed by atoms with Gasteiger partial charge in [-0.15, -0.1) is 0 Å². The SMILES string of the molecule is CCCCCCCCCCCCCCCCC(=O)OCCCCCCCC/C=C\CCCCCCCCCC(=O)NC(CO)C(O)CCCCCCCCCCCCCC. The molecule has 0 aliphatic rings. The predicted octanol–water partition coefficient (Wildman–Crippen LogP) is 16.1. The molecular weight excluding hydrogens is 743 g/mol. The first-order valence-electron chi connectivity index (χ1n) is 26.9. The van der Waals surface area contributed by atoms with Crippen LogP contribution in [0.2, 0.25) is 0 Å². The molecule has 0 heterocycles. The molecule has 0 aromatic rings. The van der Waals surface area contributed by atoms with Gasteiger partial charge in [-0.1, -0.05) is 244 Å². The molecule has 2 atom stereocenters. The fourth-order valence-corrected chi connectivity index (χ4v) is 8.40. The van der Waals surface area contributed by atoms with Crippen molar-refractivity contribution in [2.75, 3.05) is 13.2 Å². The number of carbonyl (C=O) groups is 2. The maximum absolute atomic E-state index is 12.4. The molecule has 0 bridgehead atoms.